The summed E-state index contributed by atoms with van der Waals surface area (Å²) in [5.74, 6) is 0.284. The van der Waals surface area contributed by atoms with Gasteiger partial charge in [0.2, 0.25) is 10.0 Å². The Morgan fingerprint density at radius 1 is 1.06 bits per heavy atom. The van der Waals surface area contributed by atoms with E-state index >= 15 is 0 Å². The topological polar surface area (TPSA) is 88.8 Å². The molecule has 0 saturated heterocycles. The van der Waals surface area contributed by atoms with Gasteiger partial charge in [-0.25, -0.2) is 17.1 Å². The standard InChI is InChI=1S/C22H23FN2O5S/c1-15(16-4-11-20(12-5-16)31(27,28)25(2)3)24-22(26)21-13-10-19(30-21)14-29-18-8-6-17(23)7-9-18/h4-13,15H,14H2,1-3H3,(H,24,26). The van der Waals surface area contributed by atoms with E-state index < -0.39 is 15.9 Å². The lowest BCUT2D eigenvalue weighted by atomic mass is 10.1. The molecule has 1 N–H and O–H groups in total. The molecular weight excluding hydrogens is 423 g/mol. The highest BCUT2D eigenvalue weighted by Crippen LogP contribution is 2.19. The van der Waals surface area contributed by atoms with Crippen molar-refractivity contribution in [2.75, 3.05) is 14.1 Å². The van der Waals surface area contributed by atoms with E-state index in [1.54, 1.807) is 25.1 Å². The number of nitrogens with one attached hydrogen (secondary N) is 1. The van der Waals surface area contributed by atoms with Crippen LogP contribution in [0.5, 0.6) is 5.75 Å². The summed E-state index contributed by atoms with van der Waals surface area (Å²) in [6.45, 7) is 1.88. The molecule has 0 bridgehead atoms. The molecule has 1 amide bonds. The third-order valence-corrected chi connectivity index (χ3v) is 6.42. The number of amides is 1. The van der Waals surface area contributed by atoms with Crippen LogP contribution in [-0.4, -0.2) is 32.7 Å². The number of hydrogen-bond donors (Lipinski definition) is 1. The van der Waals surface area contributed by atoms with Crippen LogP contribution in [-0.2, 0) is 16.6 Å². The average molecular weight is 447 g/mol. The minimum absolute atomic E-state index is 0.0935. The zero-order valence-corrected chi connectivity index (χ0v) is 18.1. The third-order valence-electron chi connectivity index (χ3n) is 4.59. The van der Waals surface area contributed by atoms with Gasteiger partial charge in [0.15, 0.2) is 5.76 Å². The smallest absolute Gasteiger partial charge is 0.287 e. The van der Waals surface area contributed by atoms with Crippen molar-refractivity contribution in [3.05, 3.63) is 83.6 Å². The predicted octanol–water partition coefficient (Wildman–Crippen LogP) is 3.74. The number of sulfonamides is 1. The largest absolute Gasteiger partial charge is 0.486 e. The maximum absolute atomic E-state index is 12.9. The molecule has 0 aliphatic carbocycles. The van der Waals surface area contributed by atoms with E-state index in [-0.39, 0.29) is 29.1 Å². The van der Waals surface area contributed by atoms with Gasteiger partial charge >= 0.3 is 0 Å². The van der Waals surface area contributed by atoms with Gasteiger partial charge in [0.05, 0.1) is 10.9 Å². The fraction of sp³-hybridized carbons (Fsp3) is 0.227. The van der Waals surface area contributed by atoms with Gasteiger partial charge in [-0.05, 0) is 61.0 Å². The highest BCUT2D eigenvalue weighted by atomic mass is 32.2. The maximum Gasteiger partial charge on any atom is 0.287 e. The lowest BCUT2D eigenvalue weighted by Gasteiger charge is -2.15. The molecule has 2 aromatic carbocycles. The highest BCUT2D eigenvalue weighted by molar-refractivity contribution is 7.89. The normalized spacial score (nSPS) is 12.5. The number of furan rings is 1. The third kappa shape index (κ3) is 5.50. The molecule has 1 aromatic heterocycles. The lowest BCUT2D eigenvalue weighted by molar-refractivity contribution is 0.0907. The Hall–Kier alpha value is -3.17. The first-order valence-electron chi connectivity index (χ1n) is 9.47. The molecular formula is C22H23FN2O5S. The van der Waals surface area contributed by atoms with E-state index in [4.69, 9.17) is 9.15 Å². The number of nitrogens with zero attached hydrogens (tertiary/aromatic N) is 1. The van der Waals surface area contributed by atoms with Crippen molar-refractivity contribution in [2.24, 2.45) is 0 Å². The van der Waals surface area contributed by atoms with E-state index in [2.05, 4.69) is 5.32 Å². The van der Waals surface area contributed by atoms with Gasteiger partial charge in [0.25, 0.3) is 5.91 Å². The molecule has 31 heavy (non-hydrogen) atoms. The molecule has 9 heteroatoms. The summed E-state index contributed by atoms with van der Waals surface area (Å²) in [7, 11) is -0.576. The second kappa shape index (κ2) is 9.32. The first-order valence-corrected chi connectivity index (χ1v) is 10.9. The fourth-order valence-electron chi connectivity index (χ4n) is 2.75. The van der Waals surface area contributed by atoms with Crippen molar-refractivity contribution in [2.45, 2.75) is 24.5 Å². The highest BCUT2D eigenvalue weighted by Gasteiger charge is 2.19. The Labute approximate surface area is 180 Å². The molecule has 0 spiro atoms. The molecule has 0 fully saturated rings. The molecule has 0 aliphatic rings. The molecule has 0 radical (unpaired) electrons. The van der Waals surface area contributed by atoms with E-state index in [9.17, 15) is 17.6 Å². The molecule has 7 nitrogen and oxygen atoms in total. The summed E-state index contributed by atoms with van der Waals surface area (Å²) in [6, 6.07) is 14.7. The van der Waals surface area contributed by atoms with Crippen LogP contribution in [0.1, 0.15) is 34.8 Å². The van der Waals surface area contributed by atoms with Crippen molar-refractivity contribution >= 4 is 15.9 Å². The monoisotopic (exact) mass is 446 g/mol. The minimum atomic E-state index is -3.51. The SMILES string of the molecule is CC(NC(=O)c1ccc(COc2ccc(F)cc2)o1)c1ccc(S(=O)(=O)N(C)C)cc1. The fourth-order valence-corrected chi connectivity index (χ4v) is 3.65. The van der Waals surface area contributed by atoms with E-state index in [0.29, 0.717) is 11.5 Å². The van der Waals surface area contributed by atoms with Crippen LogP contribution in [0.15, 0.2) is 70.0 Å². The van der Waals surface area contributed by atoms with Crippen LogP contribution in [0.2, 0.25) is 0 Å². The van der Waals surface area contributed by atoms with Crippen LogP contribution < -0.4 is 10.1 Å². The van der Waals surface area contributed by atoms with Crippen LogP contribution >= 0.6 is 0 Å². The quantitative estimate of drug-likeness (QED) is 0.570. The van der Waals surface area contributed by atoms with Crippen molar-refractivity contribution in [3.63, 3.8) is 0 Å². The van der Waals surface area contributed by atoms with Gasteiger partial charge in [-0.15, -0.1) is 0 Å². The zero-order valence-electron chi connectivity index (χ0n) is 17.3. The number of benzene rings is 2. The predicted molar refractivity (Wildman–Crippen MR) is 113 cm³/mol. The molecule has 1 atom stereocenters. The summed E-state index contributed by atoms with van der Waals surface area (Å²) < 4.78 is 49.4. The number of hydrogen-bond acceptors (Lipinski definition) is 5. The molecule has 1 heterocycles. The second-order valence-electron chi connectivity index (χ2n) is 7.06. The van der Waals surface area contributed by atoms with Gasteiger partial charge in [0, 0.05) is 14.1 Å². The molecule has 164 valence electrons. The molecule has 0 saturated carbocycles. The summed E-state index contributed by atoms with van der Waals surface area (Å²) in [4.78, 5) is 12.7. The van der Waals surface area contributed by atoms with Crippen LogP contribution in [0.25, 0.3) is 0 Å². The Balaban J connectivity index is 1.59. The summed E-state index contributed by atoms with van der Waals surface area (Å²) >= 11 is 0. The maximum atomic E-state index is 12.9. The van der Waals surface area contributed by atoms with Crippen molar-refractivity contribution in [1.29, 1.82) is 0 Å². The Bertz CT molecular complexity index is 1140. The van der Waals surface area contributed by atoms with Crippen LogP contribution in [0.4, 0.5) is 4.39 Å². The second-order valence-corrected chi connectivity index (χ2v) is 9.21. The molecule has 0 aliphatic heterocycles. The number of carbonyl (C=O) groups is 1. The number of rotatable bonds is 8. The summed E-state index contributed by atoms with van der Waals surface area (Å²) in [6.07, 6.45) is 0. The molecule has 1 unspecified atom stereocenters. The summed E-state index contributed by atoms with van der Waals surface area (Å²) in [5.41, 5.74) is 0.748. The average Bonchev–Trinajstić information content (AvgIpc) is 3.22. The van der Waals surface area contributed by atoms with Crippen molar-refractivity contribution in [1.82, 2.24) is 9.62 Å². The first-order chi connectivity index (χ1) is 14.7. The molecule has 3 aromatic rings. The van der Waals surface area contributed by atoms with Crippen LogP contribution in [0, 0.1) is 5.82 Å². The van der Waals surface area contributed by atoms with Gasteiger partial charge < -0.3 is 14.5 Å². The van der Waals surface area contributed by atoms with Gasteiger partial charge in [-0.2, -0.15) is 0 Å². The Morgan fingerprint density at radius 3 is 2.32 bits per heavy atom. The van der Waals surface area contributed by atoms with Gasteiger partial charge in [0.1, 0.15) is 23.9 Å². The minimum Gasteiger partial charge on any atom is -0.486 e. The number of halogens is 1. The summed E-state index contributed by atoms with van der Waals surface area (Å²) in [5, 5.41) is 2.81. The Morgan fingerprint density at radius 2 is 1.71 bits per heavy atom. The zero-order chi connectivity index (χ0) is 22.6. The number of carbonyl (C=O) groups excluding carboxylic acids is 1. The van der Waals surface area contributed by atoms with E-state index in [1.165, 1.54) is 56.6 Å². The van der Waals surface area contributed by atoms with Gasteiger partial charge in [-0.3, -0.25) is 4.79 Å². The lowest BCUT2D eigenvalue weighted by Crippen LogP contribution is -2.26. The molecule has 3 rings (SSSR count). The number of ether oxygens (including phenoxy) is 1. The Kier molecular flexibility index (Phi) is 6.77. The first kappa shape index (κ1) is 22.5. The van der Waals surface area contributed by atoms with E-state index in [0.717, 1.165) is 9.87 Å². The van der Waals surface area contributed by atoms with Gasteiger partial charge in [-0.1, -0.05) is 12.1 Å². The van der Waals surface area contributed by atoms with Crippen molar-refractivity contribution < 1.29 is 26.8 Å². The van der Waals surface area contributed by atoms with Crippen LogP contribution in [0.3, 0.4) is 0 Å². The van der Waals surface area contributed by atoms with Crippen molar-refractivity contribution in [3.8, 4) is 5.75 Å². The van der Waals surface area contributed by atoms with E-state index in [1.807, 2.05) is 0 Å².